The van der Waals surface area contributed by atoms with Gasteiger partial charge in [0, 0.05) is 75.1 Å². The minimum absolute atomic E-state index is 0.0236. The number of hydrogen-bond donors (Lipinski definition) is 0. The van der Waals surface area contributed by atoms with E-state index in [0.29, 0.717) is 70.7 Å². The minimum Gasteiger partial charge on any atom is -0.335 e. The standard InChI is InChI=1S/C35H34F8N4O2/c36-30-7-6-23(17-31(30)37)32(48)46-20-29(21-46)45-12-10-44(11-13-45)27-8-9-47(28(19-27)14-22-4-2-1-3-5-22)33(49)24-15-25(34(38,39)40)18-26(16-24)35(41,42)43/h1-7,15-18,27-29H,8-14,19-21H2. The summed E-state index contributed by atoms with van der Waals surface area (Å²) in [7, 11) is 0. The number of amides is 2. The maximum Gasteiger partial charge on any atom is 0.416 e. The van der Waals surface area contributed by atoms with Crippen LogP contribution in [0.5, 0.6) is 0 Å². The summed E-state index contributed by atoms with van der Waals surface area (Å²) in [5.74, 6) is -3.33. The van der Waals surface area contributed by atoms with E-state index in [2.05, 4.69) is 9.80 Å². The predicted octanol–water partition coefficient (Wildman–Crippen LogP) is 6.36. The summed E-state index contributed by atoms with van der Waals surface area (Å²) in [6.07, 6.45) is -8.75. The predicted molar refractivity (Wildman–Crippen MR) is 164 cm³/mol. The fourth-order valence-electron chi connectivity index (χ4n) is 7.08. The van der Waals surface area contributed by atoms with Gasteiger partial charge in [-0.2, -0.15) is 26.3 Å². The Morgan fingerprint density at radius 1 is 0.653 bits per heavy atom. The van der Waals surface area contributed by atoms with Crippen LogP contribution in [0.3, 0.4) is 0 Å². The third-order valence-electron chi connectivity index (χ3n) is 9.80. The van der Waals surface area contributed by atoms with Crippen LogP contribution < -0.4 is 0 Å². The zero-order chi connectivity index (χ0) is 35.1. The van der Waals surface area contributed by atoms with Gasteiger partial charge in [-0.05, 0) is 61.2 Å². The molecule has 0 saturated carbocycles. The quantitative estimate of drug-likeness (QED) is 0.282. The molecule has 0 radical (unpaired) electrons. The normalized spacial score (nSPS) is 21.5. The summed E-state index contributed by atoms with van der Waals surface area (Å²) in [5, 5.41) is 0. The molecule has 0 bridgehead atoms. The summed E-state index contributed by atoms with van der Waals surface area (Å²) >= 11 is 0. The molecule has 3 fully saturated rings. The second-order valence-electron chi connectivity index (χ2n) is 12.9. The number of rotatable bonds is 6. The first-order valence-electron chi connectivity index (χ1n) is 16.0. The van der Waals surface area contributed by atoms with Gasteiger partial charge in [0.05, 0.1) is 11.1 Å². The first kappa shape index (κ1) is 34.8. The molecule has 0 N–H and O–H groups in total. The maximum absolute atomic E-state index is 13.7. The van der Waals surface area contributed by atoms with Gasteiger partial charge in [0.15, 0.2) is 11.6 Å². The van der Waals surface area contributed by atoms with Crippen LogP contribution in [0.2, 0.25) is 0 Å². The monoisotopic (exact) mass is 694 g/mol. The summed E-state index contributed by atoms with van der Waals surface area (Å²) in [6.45, 7) is 3.92. The van der Waals surface area contributed by atoms with E-state index < -0.39 is 52.6 Å². The van der Waals surface area contributed by atoms with E-state index in [1.165, 1.54) is 11.0 Å². The molecule has 2 unspecified atom stereocenters. The molecule has 2 atom stereocenters. The minimum atomic E-state index is -5.07. The van der Waals surface area contributed by atoms with Gasteiger partial charge in [0.1, 0.15) is 0 Å². The van der Waals surface area contributed by atoms with Crippen molar-refractivity contribution in [2.75, 3.05) is 45.8 Å². The van der Waals surface area contributed by atoms with E-state index >= 15 is 0 Å². The smallest absolute Gasteiger partial charge is 0.335 e. The number of alkyl halides is 6. The van der Waals surface area contributed by atoms with Crippen LogP contribution in [0.1, 0.15) is 50.2 Å². The number of likely N-dealkylation sites (tertiary alicyclic amines) is 2. The Labute approximate surface area is 277 Å². The average molecular weight is 695 g/mol. The van der Waals surface area contributed by atoms with Gasteiger partial charge in [0.25, 0.3) is 11.8 Å². The molecule has 14 heteroatoms. The van der Waals surface area contributed by atoms with Gasteiger partial charge in [-0.15, -0.1) is 0 Å². The number of piperidine rings is 1. The van der Waals surface area contributed by atoms with Gasteiger partial charge in [-0.25, -0.2) is 8.78 Å². The highest BCUT2D eigenvalue weighted by atomic mass is 19.4. The molecule has 3 saturated heterocycles. The molecule has 262 valence electrons. The molecule has 3 aliphatic heterocycles. The molecule has 6 nitrogen and oxygen atoms in total. The van der Waals surface area contributed by atoms with Gasteiger partial charge in [-0.3, -0.25) is 19.4 Å². The van der Waals surface area contributed by atoms with E-state index in [-0.39, 0.29) is 36.2 Å². The Balaban J connectivity index is 1.11. The van der Waals surface area contributed by atoms with Gasteiger partial charge >= 0.3 is 12.4 Å². The van der Waals surface area contributed by atoms with Crippen LogP contribution in [0.15, 0.2) is 66.7 Å². The number of carbonyl (C=O) groups is 2. The molecule has 3 aromatic rings. The van der Waals surface area contributed by atoms with Crippen LogP contribution in [-0.4, -0.2) is 95.4 Å². The molecule has 3 aliphatic rings. The van der Waals surface area contributed by atoms with E-state index in [1.807, 2.05) is 30.3 Å². The Kier molecular flexibility index (Phi) is 9.73. The molecule has 0 aliphatic carbocycles. The second-order valence-corrected chi connectivity index (χ2v) is 12.9. The van der Waals surface area contributed by atoms with E-state index in [9.17, 15) is 44.7 Å². The summed E-state index contributed by atoms with van der Waals surface area (Å²) < 4.78 is 108. The molecule has 3 heterocycles. The molecule has 2 amide bonds. The fourth-order valence-corrected chi connectivity index (χ4v) is 7.08. The van der Waals surface area contributed by atoms with Crippen molar-refractivity contribution in [2.24, 2.45) is 0 Å². The van der Waals surface area contributed by atoms with Crippen LogP contribution >= 0.6 is 0 Å². The van der Waals surface area contributed by atoms with E-state index in [4.69, 9.17) is 0 Å². The Hall–Kier alpha value is -4.04. The van der Waals surface area contributed by atoms with Crippen molar-refractivity contribution < 1.29 is 44.7 Å². The van der Waals surface area contributed by atoms with Crippen molar-refractivity contribution >= 4 is 11.8 Å². The maximum atomic E-state index is 13.7. The first-order chi connectivity index (χ1) is 23.2. The lowest BCUT2D eigenvalue weighted by molar-refractivity contribution is -0.143. The highest BCUT2D eigenvalue weighted by Gasteiger charge is 2.41. The summed E-state index contributed by atoms with van der Waals surface area (Å²) in [4.78, 5) is 34.0. The number of halogens is 8. The first-order valence-corrected chi connectivity index (χ1v) is 16.0. The van der Waals surface area contributed by atoms with E-state index in [1.54, 1.807) is 4.90 Å². The van der Waals surface area contributed by atoms with E-state index in [0.717, 1.165) is 17.7 Å². The molecule has 0 spiro atoms. The second kappa shape index (κ2) is 13.7. The molecule has 0 aromatic heterocycles. The Morgan fingerprint density at radius 3 is 1.82 bits per heavy atom. The van der Waals surface area contributed by atoms with Crippen molar-refractivity contribution in [1.29, 1.82) is 0 Å². The lowest BCUT2D eigenvalue weighted by Crippen LogP contribution is -2.65. The highest BCUT2D eigenvalue weighted by Crippen LogP contribution is 2.37. The molecule has 6 rings (SSSR count). The van der Waals surface area contributed by atoms with Crippen molar-refractivity contribution in [3.63, 3.8) is 0 Å². The third kappa shape index (κ3) is 7.75. The van der Waals surface area contributed by atoms with Crippen LogP contribution in [0.25, 0.3) is 0 Å². The average Bonchev–Trinajstić information content (AvgIpc) is 3.05. The van der Waals surface area contributed by atoms with Crippen LogP contribution in [0, 0.1) is 11.6 Å². The van der Waals surface area contributed by atoms with Crippen molar-refractivity contribution in [3.05, 3.63) is 106 Å². The molecule has 49 heavy (non-hydrogen) atoms. The zero-order valence-electron chi connectivity index (χ0n) is 26.3. The lowest BCUT2D eigenvalue weighted by Gasteiger charge is -2.50. The summed E-state index contributed by atoms with van der Waals surface area (Å²) in [5.41, 5.74) is -2.72. The van der Waals surface area contributed by atoms with Crippen molar-refractivity contribution in [2.45, 2.75) is 49.7 Å². The Bertz CT molecular complexity index is 1640. The van der Waals surface area contributed by atoms with Crippen molar-refractivity contribution in [1.82, 2.24) is 19.6 Å². The van der Waals surface area contributed by atoms with Gasteiger partial charge in [0.2, 0.25) is 0 Å². The van der Waals surface area contributed by atoms with Crippen LogP contribution in [-0.2, 0) is 18.8 Å². The number of piperazine rings is 1. The molecular weight excluding hydrogens is 660 g/mol. The highest BCUT2D eigenvalue weighted by molar-refractivity contribution is 5.95. The molecular formula is C35H34F8N4O2. The number of carbonyl (C=O) groups excluding carboxylic acids is 2. The topological polar surface area (TPSA) is 47.1 Å². The lowest BCUT2D eigenvalue weighted by atomic mass is 9.90. The Morgan fingerprint density at radius 2 is 1.24 bits per heavy atom. The zero-order valence-corrected chi connectivity index (χ0v) is 26.3. The van der Waals surface area contributed by atoms with Crippen molar-refractivity contribution in [3.8, 4) is 0 Å². The number of nitrogens with zero attached hydrogens (tertiary/aromatic N) is 4. The fraction of sp³-hybridized carbons (Fsp3) is 0.429. The molecule has 3 aromatic carbocycles. The summed E-state index contributed by atoms with van der Waals surface area (Å²) in [6, 6.07) is 13.0. The number of benzene rings is 3. The SMILES string of the molecule is O=C(c1ccc(F)c(F)c1)N1CC(N2CCN(C3CCN(C(=O)c4cc(C(F)(F)F)cc(C(F)(F)F)c4)C(Cc4ccccc4)C3)CC2)C1. The largest absolute Gasteiger partial charge is 0.416 e. The third-order valence-corrected chi connectivity index (χ3v) is 9.80. The number of hydrogen-bond acceptors (Lipinski definition) is 4. The van der Waals surface area contributed by atoms with Gasteiger partial charge < -0.3 is 9.80 Å². The van der Waals surface area contributed by atoms with Gasteiger partial charge in [-0.1, -0.05) is 30.3 Å². The van der Waals surface area contributed by atoms with Crippen LogP contribution in [0.4, 0.5) is 35.1 Å².